The molecule has 0 radical (unpaired) electrons. The summed E-state index contributed by atoms with van der Waals surface area (Å²) < 4.78 is 41.0. The number of halogens is 3. The van der Waals surface area contributed by atoms with Gasteiger partial charge in [-0.25, -0.2) is 4.98 Å². The zero-order chi connectivity index (χ0) is 41.4. The summed E-state index contributed by atoms with van der Waals surface area (Å²) >= 11 is 0. The smallest absolute Gasteiger partial charge is 0.371 e. The molecule has 16 heteroatoms. The van der Waals surface area contributed by atoms with Crippen LogP contribution in [-0.2, 0) is 28.9 Å². The molecular weight excluding hydrogens is 766 g/mol. The fourth-order valence-corrected chi connectivity index (χ4v) is 10.3. The molecule has 306 valence electrons. The highest BCUT2D eigenvalue weighted by molar-refractivity contribution is 6.23. The minimum Gasteiger partial charge on any atom is -0.371 e. The van der Waals surface area contributed by atoms with E-state index in [4.69, 9.17) is 5.26 Å². The van der Waals surface area contributed by atoms with Gasteiger partial charge in [-0.3, -0.25) is 39.1 Å². The first-order valence-electron chi connectivity index (χ1n) is 20.2. The number of piperidine rings is 3. The van der Waals surface area contributed by atoms with Gasteiger partial charge in [-0.1, -0.05) is 0 Å². The van der Waals surface area contributed by atoms with Gasteiger partial charge in [0.2, 0.25) is 11.8 Å². The van der Waals surface area contributed by atoms with Crippen molar-refractivity contribution in [2.45, 2.75) is 89.3 Å². The quantitative estimate of drug-likeness (QED) is 0.354. The minimum absolute atomic E-state index is 0.0164. The highest BCUT2D eigenvalue weighted by atomic mass is 19.4. The van der Waals surface area contributed by atoms with Crippen LogP contribution in [0.4, 0.5) is 24.5 Å². The first-order valence-corrected chi connectivity index (χ1v) is 20.2. The number of carbonyl (C=O) groups is 5. The van der Waals surface area contributed by atoms with E-state index in [0.29, 0.717) is 55.1 Å². The van der Waals surface area contributed by atoms with Crippen LogP contribution in [0.5, 0.6) is 0 Å². The van der Waals surface area contributed by atoms with E-state index >= 15 is 0 Å². The summed E-state index contributed by atoms with van der Waals surface area (Å²) in [5.74, 6) is -2.07. The third kappa shape index (κ3) is 6.88. The number of alkyl halides is 3. The maximum absolute atomic E-state index is 13.7. The third-order valence-corrected chi connectivity index (χ3v) is 13.5. The number of aromatic nitrogens is 1. The normalized spacial score (nSPS) is 23.5. The Hall–Kier alpha value is -5.82. The average molecular weight is 809 g/mol. The molecule has 0 aliphatic carbocycles. The van der Waals surface area contributed by atoms with Gasteiger partial charge in [0.05, 0.1) is 28.6 Å². The Balaban J connectivity index is 0.768. The molecule has 0 bridgehead atoms. The zero-order valence-corrected chi connectivity index (χ0v) is 32.6. The van der Waals surface area contributed by atoms with Crippen molar-refractivity contribution in [3.63, 3.8) is 0 Å². The fourth-order valence-electron chi connectivity index (χ4n) is 10.3. The van der Waals surface area contributed by atoms with Crippen LogP contribution in [0.1, 0.15) is 105 Å². The van der Waals surface area contributed by atoms with Gasteiger partial charge in [-0.05, 0) is 104 Å². The number of imide groups is 2. The second-order valence-electron chi connectivity index (χ2n) is 17.0. The van der Waals surface area contributed by atoms with E-state index in [2.05, 4.69) is 20.1 Å². The molecule has 1 aromatic heterocycles. The number of nitrogens with zero attached hydrogens (tertiary/aromatic N) is 7. The Morgan fingerprint density at radius 3 is 2.14 bits per heavy atom. The summed E-state index contributed by atoms with van der Waals surface area (Å²) in [5, 5.41) is 11.4. The van der Waals surface area contributed by atoms with Crippen LogP contribution >= 0.6 is 0 Å². The van der Waals surface area contributed by atoms with Crippen molar-refractivity contribution in [3.05, 3.63) is 87.7 Å². The topological polar surface area (TPSA) is 150 Å². The lowest BCUT2D eigenvalue weighted by molar-refractivity contribution is -0.138. The summed E-state index contributed by atoms with van der Waals surface area (Å²) in [4.78, 5) is 77.7. The third-order valence-electron chi connectivity index (χ3n) is 13.5. The molecule has 13 nitrogen and oxygen atoms in total. The van der Waals surface area contributed by atoms with Crippen molar-refractivity contribution in [1.29, 1.82) is 5.26 Å². The molecule has 59 heavy (non-hydrogen) atoms. The SMILES string of the molecule is C[C@H]1CC2(CCN(c3ccc(C(=O)N4CCC(N5Cc6cc7c(cc6C5)C(=O)N(C5CCC(=O)NC5=O)C7=O)CC4)cc3)CC2)CN1c1cnc(C#N)c(C(F)(F)F)c1. The maximum Gasteiger partial charge on any atom is 0.419 e. The Kier molecular flexibility index (Phi) is 9.49. The van der Waals surface area contributed by atoms with Gasteiger partial charge in [0.1, 0.15) is 12.1 Å². The number of likely N-dealkylation sites (tertiary alicyclic amines) is 1. The van der Waals surface area contributed by atoms with Crippen molar-refractivity contribution in [3.8, 4) is 6.07 Å². The van der Waals surface area contributed by atoms with Crippen LogP contribution in [0.15, 0.2) is 48.7 Å². The predicted octanol–water partition coefficient (Wildman–Crippen LogP) is 4.88. The van der Waals surface area contributed by atoms with Gasteiger partial charge in [-0.2, -0.15) is 18.4 Å². The molecule has 4 saturated heterocycles. The maximum atomic E-state index is 13.7. The molecule has 2 aromatic carbocycles. The molecular formula is C43H43F3N8O5. The number of amides is 5. The van der Waals surface area contributed by atoms with Crippen molar-refractivity contribution < 1.29 is 37.1 Å². The van der Waals surface area contributed by atoms with Crippen LogP contribution in [0, 0.1) is 16.7 Å². The van der Waals surface area contributed by atoms with E-state index in [1.54, 1.807) is 18.2 Å². The molecule has 9 rings (SSSR count). The van der Waals surface area contributed by atoms with Gasteiger partial charge in [-0.15, -0.1) is 0 Å². The molecule has 1 unspecified atom stereocenters. The van der Waals surface area contributed by atoms with E-state index in [1.165, 1.54) is 6.20 Å². The van der Waals surface area contributed by atoms with Gasteiger partial charge in [0, 0.05) is 75.6 Å². The van der Waals surface area contributed by atoms with E-state index in [9.17, 15) is 37.1 Å². The van der Waals surface area contributed by atoms with Crippen LogP contribution in [-0.4, -0.2) is 100 Å². The van der Waals surface area contributed by atoms with E-state index < -0.39 is 47.1 Å². The first kappa shape index (κ1) is 38.7. The van der Waals surface area contributed by atoms with Crippen LogP contribution in [0.3, 0.4) is 0 Å². The Morgan fingerprint density at radius 2 is 1.54 bits per heavy atom. The summed E-state index contributed by atoms with van der Waals surface area (Å²) in [6, 6.07) is 13.2. The Morgan fingerprint density at radius 1 is 0.898 bits per heavy atom. The lowest BCUT2D eigenvalue weighted by Crippen LogP contribution is -2.54. The van der Waals surface area contributed by atoms with E-state index in [0.717, 1.165) is 73.0 Å². The van der Waals surface area contributed by atoms with Crippen LogP contribution in [0.2, 0.25) is 0 Å². The standard InChI is InChI=1S/C43H43F3N8O5/c1-25-19-42(24-53(25)31-18-34(43(44,45)46)35(20-47)48-21-31)10-14-50(15-11-42)29-4-2-26(3-5-29)39(57)51-12-8-30(9-13-51)52-22-27-16-32-33(17-28(27)23-52)41(59)54(40(32)58)36-6-7-37(55)49-38(36)56/h2-5,16-18,21,25,30,36H,6-15,19,22-24H2,1H3,(H,49,55,56)/t25-,36?/m0/s1. The predicted molar refractivity (Wildman–Crippen MR) is 207 cm³/mol. The van der Waals surface area contributed by atoms with Crippen molar-refractivity contribution in [2.75, 3.05) is 42.5 Å². The zero-order valence-electron chi connectivity index (χ0n) is 32.6. The monoisotopic (exact) mass is 808 g/mol. The van der Waals surface area contributed by atoms with Crippen molar-refractivity contribution >= 4 is 40.9 Å². The number of nitrogens with one attached hydrogen (secondary N) is 1. The van der Waals surface area contributed by atoms with Crippen molar-refractivity contribution in [1.82, 2.24) is 25.0 Å². The Bertz CT molecular complexity index is 2270. The molecule has 1 spiro atoms. The number of nitriles is 1. The van der Waals surface area contributed by atoms with Crippen molar-refractivity contribution in [2.24, 2.45) is 5.41 Å². The molecule has 6 aliphatic rings. The second kappa shape index (κ2) is 14.5. The molecule has 6 aliphatic heterocycles. The minimum atomic E-state index is -4.66. The molecule has 1 N–H and O–H groups in total. The molecule has 5 amide bonds. The summed E-state index contributed by atoms with van der Waals surface area (Å²) in [6.45, 7) is 6.67. The first-order chi connectivity index (χ1) is 28.2. The number of benzene rings is 2. The van der Waals surface area contributed by atoms with Crippen LogP contribution in [0.25, 0.3) is 0 Å². The number of hydrogen-bond donors (Lipinski definition) is 1. The second-order valence-corrected chi connectivity index (χ2v) is 17.0. The van der Waals surface area contributed by atoms with Gasteiger partial charge in [0.25, 0.3) is 17.7 Å². The molecule has 7 heterocycles. The van der Waals surface area contributed by atoms with Gasteiger partial charge >= 0.3 is 6.18 Å². The lowest BCUT2D eigenvalue weighted by atomic mass is 9.76. The number of fused-ring (bicyclic) bond motifs is 2. The van der Waals surface area contributed by atoms with E-state index in [-0.39, 0.29) is 36.2 Å². The highest BCUT2D eigenvalue weighted by Gasteiger charge is 2.47. The molecule has 0 saturated carbocycles. The molecule has 2 atom stereocenters. The van der Waals surface area contributed by atoms with Gasteiger partial charge < -0.3 is 14.7 Å². The highest BCUT2D eigenvalue weighted by Crippen LogP contribution is 2.46. The molecule has 4 fully saturated rings. The summed E-state index contributed by atoms with van der Waals surface area (Å²) in [5.41, 5.74) is 2.90. The van der Waals surface area contributed by atoms with E-state index in [1.807, 2.05) is 41.0 Å². The number of carbonyl (C=O) groups excluding carboxylic acids is 5. The largest absolute Gasteiger partial charge is 0.419 e. The number of anilines is 2. The fraction of sp³-hybridized carbons (Fsp3) is 0.465. The Labute approximate surface area is 338 Å². The average Bonchev–Trinajstić information content (AvgIpc) is 3.87. The van der Waals surface area contributed by atoms with Gasteiger partial charge in [0.15, 0.2) is 5.69 Å². The summed E-state index contributed by atoms with van der Waals surface area (Å²) in [6.07, 6.45) is 1.08. The number of rotatable bonds is 5. The number of pyridine rings is 1. The number of hydrogen-bond acceptors (Lipinski definition) is 10. The van der Waals surface area contributed by atoms with Crippen LogP contribution < -0.4 is 15.1 Å². The molecule has 3 aromatic rings. The lowest BCUT2D eigenvalue weighted by Gasteiger charge is -2.40. The summed E-state index contributed by atoms with van der Waals surface area (Å²) in [7, 11) is 0.